The van der Waals surface area contributed by atoms with E-state index in [0.29, 0.717) is 24.0 Å². The van der Waals surface area contributed by atoms with E-state index in [1.165, 1.54) is 38.5 Å². The van der Waals surface area contributed by atoms with E-state index in [-0.39, 0.29) is 23.9 Å². The molecule has 45 heavy (non-hydrogen) atoms. The topological polar surface area (TPSA) is 130 Å². The van der Waals surface area contributed by atoms with Gasteiger partial charge in [-0.15, -0.1) is 0 Å². The fraction of sp³-hybridized carbons (Fsp3) is 0.757. The predicted molar refractivity (Wildman–Crippen MR) is 172 cm³/mol. The standard InChI is InChI=1S/C37H56O8/c1-8-10-11-12-13-14-15-16-17-18-28(38)45-36-21-25(5)35-20-24(4)30(39)37(35,43)31(40)26(22-44-33(42)23(3)9-2)19-27(32(35)41)29(36)34(36,6)7/h9,19-20,25,27,29-31,39-40,43H,8,10-18,21-22H2,1-7H3/b23-9-/t25?,27-,29+,30-,31+,35?,36-,37+/m0/s1. The second kappa shape index (κ2) is 13.4. The van der Waals surface area contributed by atoms with Crippen molar-refractivity contribution in [3.05, 3.63) is 34.9 Å². The number of hydrogen-bond acceptors (Lipinski definition) is 8. The minimum absolute atomic E-state index is 0.156. The smallest absolute Gasteiger partial charge is 0.333 e. The van der Waals surface area contributed by atoms with Crippen LogP contribution in [0, 0.1) is 28.6 Å². The largest absolute Gasteiger partial charge is 0.458 e. The summed E-state index contributed by atoms with van der Waals surface area (Å²) >= 11 is 0. The Bertz CT molecular complexity index is 1240. The molecular weight excluding hydrogens is 572 g/mol. The number of fused-ring (bicyclic) bond motifs is 3. The molecular formula is C37H56O8. The number of carbonyl (C=O) groups excluding carboxylic acids is 3. The Kier molecular flexibility index (Phi) is 10.6. The number of rotatable bonds is 14. The van der Waals surface area contributed by atoms with Crippen LogP contribution in [-0.2, 0) is 23.9 Å². The van der Waals surface area contributed by atoms with Crippen molar-refractivity contribution in [3.8, 4) is 0 Å². The lowest BCUT2D eigenvalue weighted by atomic mass is 9.59. The van der Waals surface area contributed by atoms with Crippen molar-refractivity contribution in [1.82, 2.24) is 0 Å². The lowest BCUT2D eigenvalue weighted by Crippen LogP contribution is -2.65. The molecule has 0 aromatic carbocycles. The molecule has 4 rings (SSSR count). The minimum atomic E-state index is -2.28. The van der Waals surface area contributed by atoms with Crippen molar-refractivity contribution >= 4 is 17.7 Å². The molecule has 3 N–H and O–H groups in total. The normalized spacial score (nSPS) is 36.6. The molecule has 0 saturated heterocycles. The zero-order valence-electron chi connectivity index (χ0n) is 28.5. The van der Waals surface area contributed by atoms with Crippen molar-refractivity contribution < 1.29 is 39.2 Å². The summed E-state index contributed by atoms with van der Waals surface area (Å²) in [4.78, 5) is 40.6. The maximum absolute atomic E-state index is 14.7. The van der Waals surface area contributed by atoms with Gasteiger partial charge in [-0.25, -0.2) is 4.79 Å². The molecule has 2 unspecified atom stereocenters. The molecule has 8 heteroatoms. The monoisotopic (exact) mass is 628 g/mol. The first-order valence-electron chi connectivity index (χ1n) is 17.2. The van der Waals surface area contributed by atoms with Crippen LogP contribution in [0.4, 0.5) is 0 Å². The Morgan fingerprint density at radius 2 is 1.62 bits per heavy atom. The average molecular weight is 629 g/mol. The quantitative estimate of drug-likeness (QED) is 0.0936. The molecule has 0 aromatic rings. The van der Waals surface area contributed by atoms with Crippen LogP contribution in [0.5, 0.6) is 0 Å². The maximum atomic E-state index is 14.7. The number of esters is 2. The van der Waals surface area contributed by atoms with Crippen LogP contribution in [0.25, 0.3) is 0 Å². The number of ketones is 1. The number of aliphatic hydroxyl groups excluding tert-OH is 2. The highest BCUT2D eigenvalue weighted by molar-refractivity contribution is 5.96. The van der Waals surface area contributed by atoms with E-state index in [0.717, 1.165) is 19.3 Å². The van der Waals surface area contributed by atoms with E-state index in [1.54, 1.807) is 39.0 Å². The first-order chi connectivity index (χ1) is 21.2. The van der Waals surface area contributed by atoms with E-state index in [1.807, 2.05) is 20.8 Å². The Balaban J connectivity index is 1.59. The number of aliphatic hydroxyl groups is 3. The van der Waals surface area contributed by atoms with Gasteiger partial charge in [-0.3, -0.25) is 9.59 Å². The highest BCUT2D eigenvalue weighted by Gasteiger charge is 2.83. The minimum Gasteiger partial charge on any atom is -0.458 e. The number of carbonyl (C=O) groups is 3. The lowest BCUT2D eigenvalue weighted by molar-refractivity contribution is -0.192. The Labute approximate surface area is 269 Å². The van der Waals surface area contributed by atoms with Crippen LogP contribution < -0.4 is 0 Å². The van der Waals surface area contributed by atoms with Gasteiger partial charge in [-0.1, -0.05) is 97.3 Å². The second-order valence-electron chi connectivity index (χ2n) is 14.8. The number of unbranched alkanes of at least 4 members (excludes halogenated alkanes) is 8. The summed E-state index contributed by atoms with van der Waals surface area (Å²) in [5.74, 6) is -2.99. The van der Waals surface area contributed by atoms with Gasteiger partial charge < -0.3 is 24.8 Å². The summed E-state index contributed by atoms with van der Waals surface area (Å²) in [6.45, 7) is 12.7. The van der Waals surface area contributed by atoms with Gasteiger partial charge in [0.25, 0.3) is 0 Å². The Morgan fingerprint density at radius 1 is 1.02 bits per heavy atom. The molecule has 0 aromatic heterocycles. The van der Waals surface area contributed by atoms with Gasteiger partial charge in [0.05, 0.1) is 5.41 Å². The van der Waals surface area contributed by atoms with Crippen LogP contribution in [0.1, 0.15) is 119 Å². The highest BCUT2D eigenvalue weighted by Crippen LogP contribution is 2.75. The van der Waals surface area contributed by atoms with E-state index < -0.39 is 58.0 Å². The molecule has 0 aliphatic heterocycles. The molecule has 0 heterocycles. The highest BCUT2D eigenvalue weighted by atomic mass is 16.6. The maximum Gasteiger partial charge on any atom is 0.333 e. The fourth-order valence-corrected chi connectivity index (χ4v) is 8.93. The zero-order valence-corrected chi connectivity index (χ0v) is 28.5. The van der Waals surface area contributed by atoms with E-state index in [2.05, 4.69) is 6.92 Å². The third-order valence-electron chi connectivity index (χ3n) is 11.8. The van der Waals surface area contributed by atoms with Crippen molar-refractivity contribution in [1.29, 1.82) is 0 Å². The third-order valence-corrected chi connectivity index (χ3v) is 11.8. The molecule has 4 aliphatic rings. The van der Waals surface area contributed by atoms with E-state index >= 15 is 0 Å². The van der Waals surface area contributed by atoms with Gasteiger partial charge in [0, 0.05) is 29.2 Å². The second-order valence-corrected chi connectivity index (χ2v) is 14.8. The lowest BCUT2D eigenvalue weighted by Gasteiger charge is -2.48. The molecule has 2 saturated carbocycles. The number of allylic oxidation sites excluding steroid dienone is 2. The summed E-state index contributed by atoms with van der Waals surface area (Å²) in [5, 5.41) is 35.4. The predicted octanol–water partition coefficient (Wildman–Crippen LogP) is 5.92. The first kappa shape index (κ1) is 35.6. The van der Waals surface area contributed by atoms with Gasteiger partial charge in [-0.2, -0.15) is 0 Å². The molecule has 4 aliphatic carbocycles. The van der Waals surface area contributed by atoms with Crippen LogP contribution in [0.2, 0.25) is 0 Å². The van der Waals surface area contributed by atoms with Crippen LogP contribution in [-0.4, -0.2) is 63.1 Å². The van der Waals surface area contributed by atoms with E-state index in [4.69, 9.17) is 9.47 Å². The third kappa shape index (κ3) is 5.78. The van der Waals surface area contributed by atoms with Crippen molar-refractivity contribution in [2.24, 2.45) is 28.6 Å². The summed E-state index contributed by atoms with van der Waals surface area (Å²) in [6.07, 6.45) is 12.6. The summed E-state index contributed by atoms with van der Waals surface area (Å²) in [5.41, 5.74) is -4.48. The molecule has 0 amide bonds. The summed E-state index contributed by atoms with van der Waals surface area (Å²) < 4.78 is 11.9. The fourth-order valence-electron chi connectivity index (χ4n) is 8.93. The number of hydrogen-bond donors (Lipinski definition) is 3. The van der Waals surface area contributed by atoms with Crippen LogP contribution in [0.3, 0.4) is 0 Å². The molecule has 1 spiro atoms. The van der Waals surface area contributed by atoms with Crippen molar-refractivity contribution in [2.75, 3.05) is 6.61 Å². The number of ether oxygens (including phenoxy) is 2. The van der Waals surface area contributed by atoms with Crippen LogP contribution in [0.15, 0.2) is 34.9 Å². The molecule has 8 atom stereocenters. The van der Waals surface area contributed by atoms with Crippen molar-refractivity contribution in [2.45, 2.75) is 143 Å². The van der Waals surface area contributed by atoms with E-state index in [9.17, 15) is 29.7 Å². The summed E-state index contributed by atoms with van der Waals surface area (Å²) in [6, 6.07) is 0. The van der Waals surface area contributed by atoms with Crippen LogP contribution >= 0.6 is 0 Å². The van der Waals surface area contributed by atoms with Gasteiger partial charge in [0.1, 0.15) is 30.0 Å². The SMILES string of the molecule is C/C=C(/C)C(=O)OCC1=C[C@@H]2C(=O)C3(C=C(C)[C@H](O)[C@@]3(O)[C@@H]1O)C(C)C[C@]1(OC(=O)CCCCCCCCCCC)[C@H]2C1(C)C. The van der Waals surface area contributed by atoms with Crippen molar-refractivity contribution in [3.63, 3.8) is 0 Å². The average Bonchev–Trinajstić information content (AvgIpc) is 3.41. The van der Waals surface area contributed by atoms with Gasteiger partial charge >= 0.3 is 11.9 Å². The molecule has 8 nitrogen and oxygen atoms in total. The summed E-state index contributed by atoms with van der Waals surface area (Å²) in [7, 11) is 0. The Hall–Kier alpha value is -2.29. The van der Waals surface area contributed by atoms with Gasteiger partial charge in [0.15, 0.2) is 5.78 Å². The molecule has 252 valence electrons. The molecule has 0 radical (unpaired) electrons. The molecule has 2 bridgehead atoms. The number of Topliss-reactive ketones (excluding diaryl/α,β-unsaturated/α-hetero) is 1. The zero-order chi connectivity index (χ0) is 33.4. The first-order valence-corrected chi connectivity index (χ1v) is 17.2. The van der Waals surface area contributed by atoms with Gasteiger partial charge in [-0.05, 0) is 50.7 Å². The molecule has 2 fully saturated rings. The van der Waals surface area contributed by atoms with Gasteiger partial charge in [0.2, 0.25) is 0 Å². The Morgan fingerprint density at radius 3 is 2.22 bits per heavy atom.